The molecule has 7 nitrogen and oxygen atoms in total. The molecule has 3 aromatic carbocycles. The SMILES string of the molecule is O=C(Nc1sccc1C(=O)O)c1ccc2c(c1)nc(-c1ccc3nc(-c4ccccc4)ccc3c1)n2C1CCCCC1. The summed E-state index contributed by atoms with van der Waals surface area (Å²) in [5, 5.41) is 15.2. The Morgan fingerprint density at radius 3 is 2.48 bits per heavy atom. The molecule has 3 heterocycles. The van der Waals surface area contributed by atoms with Crippen LogP contribution in [0.3, 0.4) is 0 Å². The van der Waals surface area contributed by atoms with E-state index in [1.165, 1.54) is 36.7 Å². The van der Waals surface area contributed by atoms with E-state index in [-0.39, 0.29) is 11.5 Å². The van der Waals surface area contributed by atoms with Crippen LogP contribution in [0.25, 0.3) is 44.6 Å². The Morgan fingerprint density at radius 2 is 1.67 bits per heavy atom. The number of carbonyl (C=O) groups excluding carboxylic acids is 1. The molecular formula is C34H28N4O3S. The average Bonchev–Trinajstić information content (AvgIpc) is 3.66. The van der Waals surface area contributed by atoms with E-state index >= 15 is 0 Å². The predicted molar refractivity (Wildman–Crippen MR) is 167 cm³/mol. The van der Waals surface area contributed by atoms with E-state index in [0.717, 1.165) is 57.4 Å². The maximum absolute atomic E-state index is 13.1. The molecule has 0 aliphatic heterocycles. The minimum Gasteiger partial charge on any atom is -0.478 e. The van der Waals surface area contributed by atoms with Crippen LogP contribution < -0.4 is 5.32 Å². The normalized spacial score (nSPS) is 13.9. The fourth-order valence-electron chi connectivity index (χ4n) is 5.94. The highest BCUT2D eigenvalue weighted by Crippen LogP contribution is 2.37. The van der Waals surface area contributed by atoms with Crippen LogP contribution in [-0.4, -0.2) is 31.5 Å². The fourth-order valence-corrected chi connectivity index (χ4v) is 6.71. The second-order valence-electron chi connectivity index (χ2n) is 10.7. The molecule has 0 spiro atoms. The van der Waals surface area contributed by atoms with E-state index in [1.807, 2.05) is 24.3 Å². The molecule has 42 heavy (non-hydrogen) atoms. The number of fused-ring (bicyclic) bond motifs is 2. The van der Waals surface area contributed by atoms with Crippen LogP contribution >= 0.6 is 11.3 Å². The maximum Gasteiger partial charge on any atom is 0.338 e. The zero-order valence-corrected chi connectivity index (χ0v) is 23.6. The number of aromatic nitrogens is 3. The number of carboxylic acid groups (broad SMARTS) is 1. The molecule has 1 saturated carbocycles. The van der Waals surface area contributed by atoms with Crippen molar-refractivity contribution in [1.82, 2.24) is 14.5 Å². The highest BCUT2D eigenvalue weighted by molar-refractivity contribution is 7.14. The van der Waals surface area contributed by atoms with Gasteiger partial charge in [0.15, 0.2) is 0 Å². The van der Waals surface area contributed by atoms with Crippen molar-refractivity contribution in [1.29, 1.82) is 0 Å². The zero-order chi connectivity index (χ0) is 28.6. The number of hydrogen-bond acceptors (Lipinski definition) is 5. The lowest BCUT2D eigenvalue weighted by molar-refractivity contribution is 0.0698. The van der Waals surface area contributed by atoms with Gasteiger partial charge in [0.1, 0.15) is 10.8 Å². The van der Waals surface area contributed by atoms with Gasteiger partial charge < -0.3 is 15.0 Å². The average molecular weight is 573 g/mol. The van der Waals surface area contributed by atoms with Crippen molar-refractivity contribution in [2.24, 2.45) is 0 Å². The van der Waals surface area contributed by atoms with Crippen molar-refractivity contribution < 1.29 is 14.7 Å². The second kappa shape index (κ2) is 10.9. The minimum atomic E-state index is -1.07. The molecule has 1 aliphatic carbocycles. The minimum absolute atomic E-state index is 0.0833. The van der Waals surface area contributed by atoms with Gasteiger partial charge in [0.25, 0.3) is 5.91 Å². The molecule has 0 bridgehead atoms. The lowest BCUT2D eigenvalue weighted by atomic mass is 9.94. The fraction of sp³-hybridized carbons (Fsp3) is 0.176. The Labute approximate surface area is 246 Å². The first-order chi connectivity index (χ1) is 20.5. The van der Waals surface area contributed by atoms with Crippen LogP contribution in [0, 0.1) is 0 Å². The van der Waals surface area contributed by atoms with Crippen LogP contribution in [0.4, 0.5) is 5.00 Å². The second-order valence-corrected chi connectivity index (χ2v) is 11.6. The van der Waals surface area contributed by atoms with Crippen LogP contribution in [0.15, 0.2) is 90.3 Å². The summed E-state index contributed by atoms with van der Waals surface area (Å²) in [5.41, 5.74) is 6.21. The van der Waals surface area contributed by atoms with Crippen molar-refractivity contribution in [2.75, 3.05) is 5.32 Å². The third-order valence-corrected chi connectivity index (χ3v) is 8.86. The van der Waals surface area contributed by atoms with Crippen molar-refractivity contribution in [3.8, 4) is 22.6 Å². The van der Waals surface area contributed by atoms with Gasteiger partial charge in [0, 0.05) is 28.1 Å². The Morgan fingerprint density at radius 1 is 0.833 bits per heavy atom. The summed E-state index contributed by atoms with van der Waals surface area (Å²) in [6.07, 6.45) is 5.79. The van der Waals surface area contributed by atoms with Gasteiger partial charge >= 0.3 is 5.97 Å². The first kappa shape index (κ1) is 26.1. The van der Waals surface area contributed by atoms with Gasteiger partial charge in [-0.25, -0.2) is 14.8 Å². The molecule has 6 aromatic rings. The van der Waals surface area contributed by atoms with E-state index < -0.39 is 5.97 Å². The number of anilines is 1. The maximum atomic E-state index is 13.1. The molecule has 3 aromatic heterocycles. The zero-order valence-electron chi connectivity index (χ0n) is 22.8. The summed E-state index contributed by atoms with van der Waals surface area (Å²) >= 11 is 1.19. The van der Waals surface area contributed by atoms with E-state index in [2.05, 4.69) is 52.3 Å². The smallest absolute Gasteiger partial charge is 0.338 e. The molecule has 1 fully saturated rings. The number of benzene rings is 3. The van der Waals surface area contributed by atoms with Crippen LogP contribution in [0.2, 0.25) is 0 Å². The van der Waals surface area contributed by atoms with E-state index in [1.54, 1.807) is 17.5 Å². The summed E-state index contributed by atoms with van der Waals surface area (Å²) in [6.45, 7) is 0. The van der Waals surface area contributed by atoms with Crippen LogP contribution in [0.1, 0.15) is 58.9 Å². The lowest BCUT2D eigenvalue weighted by Gasteiger charge is -2.25. The predicted octanol–water partition coefficient (Wildman–Crippen LogP) is 8.44. The number of pyridine rings is 1. The Kier molecular flexibility index (Phi) is 6.76. The van der Waals surface area contributed by atoms with Gasteiger partial charge in [0.2, 0.25) is 0 Å². The number of thiophene rings is 1. The molecule has 208 valence electrons. The highest BCUT2D eigenvalue weighted by atomic mass is 32.1. The Hall–Kier alpha value is -4.82. The van der Waals surface area contributed by atoms with Crippen molar-refractivity contribution in [2.45, 2.75) is 38.1 Å². The number of imidazole rings is 1. The first-order valence-electron chi connectivity index (χ1n) is 14.2. The number of carbonyl (C=O) groups is 2. The van der Waals surface area contributed by atoms with E-state index in [9.17, 15) is 14.7 Å². The first-order valence-corrected chi connectivity index (χ1v) is 15.0. The summed E-state index contributed by atoms with van der Waals surface area (Å²) in [4.78, 5) is 34.6. The van der Waals surface area contributed by atoms with Gasteiger partial charge in [-0.1, -0.05) is 55.7 Å². The lowest BCUT2D eigenvalue weighted by Crippen LogP contribution is -2.14. The van der Waals surface area contributed by atoms with Gasteiger partial charge in [-0.3, -0.25) is 4.79 Å². The molecule has 1 amide bonds. The number of nitrogens with one attached hydrogen (secondary N) is 1. The molecule has 0 atom stereocenters. The standard InChI is InChI=1S/C34H28N4O3S/c39-32(37-33-26(34(40)41)17-18-42-33)24-13-16-30-29(20-24)36-31(38(30)25-9-5-2-6-10-25)23-12-15-28-22(19-23)11-14-27(35-28)21-7-3-1-4-8-21/h1,3-4,7-8,11-20,25H,2,5-6,9-10H2,(H,37,39)(H,40,41). The largest absolute Gasteiger partial charge is 0.478 e. The van der Waals surface area contributed by atoms with Crippen molar-refractivity contribution in [3.05, 3.63) is 101 Å². The topological polar surface area (TPSA) is 97.1 Å². The van der Waals surface area contributed by atoms with E-state index in [0.29, 0.717) is 16.6 Å². The summed E-state index contributed by atoms with van der Waals surface area (Å²) in [5.74, 6) is -0.545. The molecule has 8 heteroatoms. The number of aromatic carboxylic acids is 1. The van der Waals surface area contributed by atoms with Gasteiger partial charge in [0.05, 0.1) is 27.8 Å². The molecule has 7 rings (SSSR count). The Bertz CT molecular complexity index is 1950. The highest BCUT2D eigenvalue weighted by Gasteiger charge is 2.24. The molecule has 2 N–H and O–H groups in total. The third kappa shape index (κ3) is 4.84. The number of rotatable bonds is 6. The summed E-state index contributed by atoms with van der Waals surface area (Å²) < 4.78 is 2.35. The molecule has 0 unspecified atom stereocenters. The Balaban J connectivity index is 1.28. The number of hydrogen-bond donors (Lipinski definition) is 2. The van der Waals surface area contributed by atoms with Gasteiger partial charge in [-0.15, -0.1) is 11.3 Å². The van der Waals surface area contributed by atoms with Gasteiger partial charge in [-0.05, 0) is 66.8 Å². The van der Waals surface area contributed by atoms with Crippen LogP contribution in [-0.2, 0) is 0 Å². The van der Waals surface area contributed by atoms with E-state index in [4.69, 9.17) is 9.97 Å². The molecule has 1 aliphatic rings. The number of nitrogens with zero attached hydrogens (tertiary/aromatic N) is 3. The summed E-state index contributed by atoms with van der Waals surface area (Å²) in [6, 6.07) is 28.0. The van der Waals surface area contributed by atoms with Crippen molar-refractivity contribution in [3.63, 3.8) is 0 Å². The molecule has 0 saturated heterocycles. The number of amides is 1. The third-order valence-electron chi connectivity index (χ3n) is 8.03. The monoisotopic (exact) mass is 572 g/mol. The molecule has 0 radical (unpaired) electrons. The van der Waals surface area contributed by atoms with Crippen molar-refractivity contribution >= 4 is 50.2 Å². The number of carboxylic acids is 1. The quantitative estimate of drug-likeness (QED) is 0.209. The summed E-state index contributed by atoms with van der Waals surface area (Å²) in [7, 11) is 0. The molecular weight excluding hydrogens is 544 g/mol. The van der Waals surface area contributed by atoms with Crippen LogP contribution in [0.5, 0.6) is 0 Å². The van der Waals surface area contributed by atoms with Gasteiger partial charge in [-0.2, -0.15) is 0 Å².